The molecule has 2 aromatic heterocycles. The molecule has 3 aromatic rings. The summed E-state index contributed by atoms with van der Waals surface area (Å²) in [6, 6.07) is 7.08. The molecular weight excluding hydrogens is 581 g/mol. The second-order valence-electron chi connectivity index (χ2n) is 10.6. The van der Waals surface area contributed by atoms with Gasteiger partial charge in [-0.25, -0.2) is 14.3 Å². The van der Waals surface area contributed by atoms with Gasteiger partial charge in [-0.3, -0.25) is 18.1 Å². The lowest BCUT2D eigenvalue weighted by Crippen LogP contribution is -2.42. The Morgan fingerprint density at radius 2 is 2.10 bits per heavy atom. The number of rotatable bonds is 8. The number of aromatic nitrogens is 4. The van der Waals surface area contributed by atoms with E-state index in [0.717, 1.165) is 18.4 Å². The van der Waals surface area contributed by atoms with Gasteiger partial charge >= 0.3 is 14.0 Å². The van der Waals surface area contributed by atoms with Gasteiger partial charge in [0.2, 0.25) is 11.8 Å². The van der Waals surface area contributed by atoms with E-state index in [2.05, 4.69) is 15.0 Å². The van der Waals surface area contributed by atoms with Crippen molar-refractivity contribution in [1.29, 1.82) is 0 Å². The summed E-state index contributed by atoms with van der Waals surface area (Å²) in [5.74, 6) is 0.738. The number of ether oxygens (including phenoxy) is 4. The van der Waals surface area contributed by atoms with Crippen molar-refractivity contribution >= 4 is 42.7 Å². The van der Waals surface area contributed by atoms with Crippen LogP contribution in [-0.2, 0) is 32.3 Å². The third kappa shape index (κ3) is 5.02. The number of nitrogen functional groups attached to an aromatic ring is 1. The molecule has 1 aliphatic carbocycles. The molecule has 14 nitrogen and oxygen atoms in total. The minimum absolute atomic E-state index is 0.0109. The minimum atomic E-state index is -4.00. The van der Waals surface area contributed by atoms with Crippen LogP contribution in [0.1, 0.15) is 44.1 Å². The Morgan fingerprint density at radius 1 is 1.24 bits per heavy atom. The molecule has 4 aliphatic rings. The van der Waals surface area contributed by atoms with Crippen LogP contribution in [-0.4, -0.2) is 63.3 Å². The van der Waals surface area contributed by atoms with Gasteiger partial charge in [0.1, 0.15) is 6.10 Å². The second-order valence-corrected chi connectivity index (χ2v) is 12.6. The number of hydrogen-bond acceptors (Lipinski definition) is 13. The van der Waals surface area contributed by atoms with Crippen molar-refractivity contribution in [2.75, 3.05) is 25.6 Å². The summed E-state index contributed by atoms with van der Waals surface area (Å²) < 4.78 is 55.1. The average Bonchev–Trinajstić information content (AvgIpc) is 3.52. The first-order valence-electron chi connectivity index (χ1n) is 13.2. The van der Waals surface area contributed by atoms with E-state index in [0.29, 0.717) is 35.1 Å². The lowest BCUT2D eigenvalue weighted by molar-refractivity contribution is -0.0925. The smallest absolute Gasteiger partial charge is 0.476 e. The van der Waals surface area contributed by atoms with Crippen LogP contribution in [0.4, 0.5) is 10.7 Å². The number of nitrogens with zero attached hydrogens (tertiary/aromatic N) is 4. The lowest BCUT2D eigenvalue weighted by atomic mass is 9.96. The largest absolute Gasteiger partial charge is 0.509 e. The summed E-state index contributed by atoms with van der Waals surface area (Å²) in [6.07, 6.45) is -0.0204. The number of hydrogen-bond donors (Lipinski definition) is 1. The van der Waals surface area contributed by atoms with Gasteiger partial charge in [0.15, 0.2) is 29.1 Å². The average molecular weight is 608 g/mol. The number of phosphoric acid groups is 1. The molecule has 3 aliphatic heterocycles. The predicted molar refractivity (Wildman–Crippen MR) is 141 cm³/mol. The minimum Gasteiger partial charge on any atom is -0.476 e. The third-order valence-electron chi connectivity index (χ3n) is 7.54. The molecule has 1 aromatic carbocycles. The molecule has 6 atom stereocenters. The Bertz CT molecular complexity index is 1550. The quantitative estimate of drug-likeness (QED) is 0.284. The molecule has 0 unspecified atom stereocenters. The Labute approximate surface area is 238 Å². The van der Waals surface area contributed by atoms with E-state index in [1.54, 1.807) is 29.7 Å². The highest BCUT2D eigenvalue weighted by molar-refractivity contribution is 7.48. The number of fused-ring (bicyclic) bond motifs is 2. The summed E-state index contributed by atoms with van der Waals surface area (Å²) in [5.41, 5.74) is 6.14. The summed E-state index contributed by atoms with van der Waals surface area (Å²) in [5, 5.41) is 0.529. The summed E-state index contributed by atoms with van der Waals surface area (Å²) >= 11 is 6.11. The number of anilines is 1. The molecule has 4 fully saturated rings. The van der Waals surface area contributed by atoms with Crippen LogP contribution in [0.5, 0.6) is 5.88 Å². The summed E-state index contributed by atoms with van der Waals surface area (Å²) in [6.45, 7) is 2.03. The highest BCUT2D eigenvalue weighted by atomic mass is 35.5. The Hall–Kier alpha value is -3.00. The molecular formula is C25H27ClN5O9P. The van der Waals surface area contributed by atoms with Crippen molar-refractivity contribution in [3.8, 4) is 5.88 Å². The van der Waals surface area contributed by atoms with Crippen LogP contribution < -0.4 is 10.5 Å². The van der Waals surface area contributed by atoms with Crippen LogP contribution in [0.25, 0.3) is 11.2 Å². The van der Waals surface area contributed by atoms with E-state index in [1.807, 2.05) is 6.07 Å². The van der Waals surface area contributed by atoms with Gasteiger partial charge in [0.25, 0.3) is 0 Å². The Balaban J connectivity index is 1.12. The van der Waals surface area contributed by atoms with Crippen molar-refractivity contribution in [2.45, 2.75) is 56.3 Å². The molecule has 1 saturated carbocycles. The van der Waals surface area contributed by atoms with Crippen LogP contribution in [0, 0.1) is 5.92 Å². The maximum absolute atomic E-state index is 13.4. The standard InChI is InChI=1S/C25H27ClN5O9P/c1-25-19(38-24(32)39-25)17(11-36-41(33)35-8-7-16(40-41)14-3-2-4-15(26)9-14)37-22(25)31-12-28-18-20(31)29-23(27)30-21(18)34-10-13-5-6-13/h2-4,9,12-13,16-17,19,22H,5-8,10-11H2,1H3,(H2,27,29,30)/t16-,17+,19+,22+,25+,41+/m0/s1. The maximum Gasteiger partial charge on any atom is 0.509 e. The van der Waals surface area contributed by atoms with Crippen LogP contribution >= 0.6 is 19.4 Å². The second kappa shape index (κ2) is 10.1. The van der Waals surface area contributed by atoms with E-state index >= 15 is 0 Å². The molecule has 0 amide bonds. The number of imidazole rings is 1. The molecule has 0 bridgehead atoms. The molecule has 0 radical (unpaired) electrons. The Morgan fingerprint density at radius 3 is 2.90 bits per heavy atom. The van der Waals surface area contributed by atoms with Crippen molar-refractivity contribution in [3.63, 3.8) is 0 Å². The third-order valence-corrected chi connectivity index (χ3v) is 9.25. The highest BCUT2D eigenvalue weighted by Crippen LogP contribution is 2.58. The zero-order valence-corrected chi connectivity index (χ0v) is 23.5. The first-order valence-corrected chi connectivity index (χ1v) is 15.1. The number of phosphoric ester groups is 1. The van der Waals surface area contributed by atoms with Gasteiger partial charge < -0.3 is 24.7 Å². The fourth-order valence-corrected chi connectivity index (χ4v) is 6.89. The fraction of sp³-hybridized carbons (Fsp3) is 0.520. The monoisotopic (exact) mass is 607 g/mol. The van der Waals surface area contributed by atoms with Gasteiger partial charge in [-0.15, -0.1) is 0 Å². The lowest BCUT2D eigenvalue weighted by Gasteiger charge is -2.30. The van der Waals surface area contributed by atoms with Crippen LogP contribution in [0.2, 0.25) is 5.02 Å². The fourth-order valence-electron chi connectivity index (χ4n) is 5.30. The Kier molecular flexibility index (Phi) is 6.60. The number of nitrogens with two attached hydrogens (primary N) is 1. The van der Waals surface area contributed by atoms with Gasteiger partial charge in [-0.2, -0.15) is 9.97 Å². The van der Waals surface area contributed by atoms with Crippen LogP contribution in [0.15, 0.2) is 30.6 Å². The zero-order chi connectivity index (χ0) is 28.4. The van der Waals surface area contributed by atoms with Gasteiger partial charge in [-0.1, -0.05) is 23.7 Å². The molecule has 3 saturated heterocycles. The van der Waals surface area contributed by atoms with E-state index < -0.39 is 44.1 Å². The number of benzene rings is 1. The molecule has 2 N–H and O–H groups in total. The molecule has 41 heavy (non-hydrogen) atoms. The first-order chi connectivity index (χ1) is 19.7. The van der Waals surface area contributed by atoms with Crippen LogP contribution in [0.3, 0.4) is 0 Å². The van der Waals surface area contributed by atoms with E-state index in [1.165, 1.54) is 6.33 Å². The molecule has 5 heterocycles. The topological polar surface area (TPSA) is 168 Å². The van der Waals surface area contributed by atoms with Gasteiger partial charge in [-0.05, 0) is 43.4 Å². The molecule has 0 spiro atoms. The molecule has 218 valence electrons. The number of carbonyl (C=O) groups excluding carboxylic acids is 1. The number of halogens is 1. The predicted octanol–water partition coefficient (Wildman–Crippen LogP) is 4.35. The normalized spacial score (nSPS) is 33.0. The van der Waals surface area contributed by atoms with Gasteiger partial charge in [0.05, 0.1) is 32.3 Å². The van der Waals surface area contributed by atoms with E-state index in [9.17, 15) is 9.36 Å². The van der Waals surface area contributed by atoms with Crippen molar-refractivity contribution < 1.29 is 41.9 Å². The SMILES string of the molecule is C[C@@]12OC(=O)O[C@@H]1[C@@H](CO[P@@]1(=O)OCC[C@@H](c3cccc(Cl)c3)O1)O[C@H]2n1cnc2c(OCC3CC3)nc(N)nc21. The number of carbonyl (C=O) groups is 1. The molecule has 16 heteroatoms. The first kappa shape index (κ1) is 26.9. The van der Waals surface area contributed by atoms with Crippen molar-refractivity contribution in [1.82, 2.24) is 19.5 Å². The molecule has 7 rings (SSSR count). The zero-order valence-electron chi connectivity index (χ0n) is 21.9. The van der Waals surface area contributed by atoms with Crippen molar-refractivity contribution in [2.24, 2.45) is 5.92 Å². The van der Waals surface area contributed by atoms with E-state index in [-0.39, 0.29) is 25.0 Å². The van der Waals surface area contributed by atoms with Crippen molar-refractivity contribution in [3.05, 3.63) is 41.2 Å². The highest BCUT2D eigenvalue weighted by Gasteiger charge is 2.64. The summed E-state index contributed by atoms with van der Waals surface area (Å²) in [7, 11) is -4.00. The summed E-state index contributed by atoms with van der Waals surface area (Å²) in [4.78, 5) is 25.3. The maximum atomic E-state index is 13.4. The van der Waals surface area contributed by atoms with Gasteiger partial charge in [0, 0.05) is 11.4 Å². The van der Waals surface area contributed by atoms with E-state index in [4.69, 9.17) is 49.9 Å².